The van der Waals surface area contributed by atoms with Crippen molar-refractivity contribution in [1.82, 2.24) is 4.98 Å². The zero-order valence-electron chi connectivity index (χ0n) is 12.6. The van der Waals surface area contributed by atoms with Gasteiger partial charge >= 0.3 is 0 Å². The molecule has 106 valence electrons. The van der Waals surface area contributed by atoms with Crippen LogP contribution in [0.5, 0.6) is 0 Å². The summed E-state index contributed by atoms with van der Waals surface area (Å²) in [4.78, 5) is 4.59. The Labute approximate surface area is 125 Å². The first kappa shape index (κ1) is 13.6. The van der Waals surface area contributed by atoms with Crippen LogP contribution in [0.2, 0.25) is 0 Å². The molecule has 0 amide bonds. The van der Waals surface area contributed by atoms with Crippen molar-refractivity contribution >= 4 is 16.6 Å². The normalized spacial score (nSPS) is 10.8. The SMILES string of the molecule is CCc1cccc(NCc2cc(C)nc3ccccc23)c1. The van der Waals surface area contributed by atoms with E-state index in [9.17, 15) is 0 Å². The van der Waals surface area contributed by atoms with Crippen molar-refractivity contribution in [3.8, 4) is 0 Å². The van der Waals surface area contributed by atoms with Crippen molar-refractivity contribution in [3.05, 3.63) is 71.4 Å². The number of fused-ring (bicyclic) bond motifs is 1. The molecule has 0 saturated heterocycles. The molecule has 0 atom stereocenters. The van der Waals surface area contributed by atoms with E-state index in [0.717, 1.165) is 24.2 Å². The molecule has 2 aromatic carbocycles. The van der Waals surface area contributed by atoms with E-state index >= 15 is 0 Å². The van der Waals surface area contributed by atoms with Gasteiger partial charge in [0.1, 0.15) is 0 Å². The number of hydrogen-bond donors (Lipinski definition) is 1. The van der Waals surface area contributed by atoms with Crippen LogP contribution >= 0.6 is 0 Å². The van der Waals surface area contributed by atoms with Crippen LogP contribution in [0.3, 0.4) is 0 Å². The molecule has 0 unspecified atom stereocenters. The van der Waals surface area contributed by atoms with Gasteiger partial charge in [-0.3, -0.25) is 4.98 Å². The van der Waals surface area contributed by atoms with Gasteiger partial charge in [0.15, 0.2) is 0 Å². The topological polar surface area (TPSA) is 24.9 Å². The molecule has 0 bridgehead atoms. The molecule has 0 aliphatic rings. The first-order valence-electron chi connectivity index (χ1n) is 7.44. The maximum atomic E-state index is 4.59. The largest absolute Gasteiger partial charge is 0.381 e. The molecule has 3 rings (SSSR count). The van der Waals surface area contributed by atoms with E-state index < -0.39 is 0 Å². The highest BCUT2D eigenvalue weighted by atomic mass is 14.9. The molecule has 1 N–H and O–H groups in total. The maximum absolute atomic E-state index is 4.59. The first-order chi connectivity index (χ1) is 10.3. The number of aromatic nitrogens is 1. The van der Waals surface area contributed by atoms with E-state index in [-0.39, 0.29) is 0 Å². The number of benzene rings is 2. The summed E-state index contributed by atoms with van der Waals surface area (Å²) in [5.41, 5.74) is 5.95. The van der Waals surface area contributed by atoms with Gasteiger partial charge in [-0.2, -0.15) is 0 Å². The summed E-state index contributed by atoms with van der Waals surface area (Å²) in [5.74, 6) is 0. The lowest BCUT2D eigenvalue weighted by Gasteiger charge is -2.11. The molecular weight excluding hydrogens is 256 g/mol. The van der Waals surface area contributed by atoms with Gasteiger partial charge in [0, 0.05) is 23.3 Å². The number of rotatable bonds is 4. The summed E-state index contributed by atoms with van der Waals surface area (Å²) in [6.07, 6.45) is 1.06. The van der Waals surface area contributed by atoms with E-state index in [1.165, 1.54) is 22.2 Å². The van der Waals surface area contributed by atoms with Gasteiger partial charge < -0.3 is 5.32 Å². The fourth-order valence-corrected chi connectivity index (χ4v) is 2.64. The lowest BCUT2D eigenvalue weighted by Crippen LogP contribution is -2.02. The average Bonchev–Trinajstić information content (AvgIpc) is 2.52. The number of nitrogens with one attached hydrogen (secondary N) is 1. The minimum atomic E-state index is 0.817. The zero-order valence-corrected chi connectivity index (χ0v) is 12.6. The van der Waals surface area contributed by atoms with Gasteiger partial charge in [-0.15, -0.1) is 0 Å². The van der Waals surface area contributed by atoms with Gasteiger partial charge in [-0.1, -0.05) is 37.3 Å². The van der Waals surface area contributed by atoms with Gasteiger partial charge in [0.2, 0.25) is 0 Å². The van der Waals surface area contributed by atoms with Crippen molar-refractivity contribution < 1.29 is 0 Å². The molecule has 1 heterocycles. The second kappa shape index (κ2) is 5.96. The molecule has 0 spiro atoms. The Hall–Kier alpha value is -2.35. The predicted octanol–water partition coefficient (Wildman–Crippen LogP) is 4.72. The van der Waals surface area contributed by atoms with Crippen LogP contribution in [0.15, 0.2) is 54.6 Å². The van der Waals surface area contributed by atoms with Crippen molar-refractivity contribution in [2.45, 2.75) is 26.8 Å². The Morgan fingerprint density at radius 2 is 1.86 bits per heavy atom. The minimum absolute atomic E-state index is 0.817. The Morgan fingerprint density at radius 3 is 2.71 bits per heavy atom. The monoisotopic (exact) mass is 276 g/mol. The predicted molar refractivity (Wildman–Crippen MR) is 89.6 cm³/mol. The first-order valence-corrected chi connectivity index (χ1v) is 7.44. The minimum Gasteiger partial charge on any atom is -0.381 e. The van der Waals surface area contributed by atoms with Crippen LogP contribution in [0, 0.1) is 6.92 Å². The van der Waals surface area contributed by atoms with Crippen molar-refractivity contribution in [2.24, 2.45) is 0 Å². The molecule has 0 fully saturated rings. The zero-order chi connectivity index (χ0) is 14.7. The summed E-state index contributed by atoms with van der Waals surface area (Å²) in [5, 5.41) is 4.75. The summed E-state index contributed by atoms with van der Waals surface area (Å²) in [6.45, 7) is 5.05. The third-order valence-electron chi connectivity index (χ3n) is 3.75. The molecule has 21 heavy (non-hydrogen) atoms. The van der Waals surface area contributed by atoms with E-state index in [1.54, 1.807) is 0 Å². The third kappa shape index (κ3) is 3.05. The molecule has 3 aromatic rings. The fourth-order valence-electron chi connectivity index (χ4n) is 2.64. The maximum Gasteiger partial charge on any atom is 0.0708 e. The summed E-state index contributed by atoms with van der Waals surface area (Å²) in [6, 6.07) is 19.1. The van der Waals surface area contributed by atoms with Gasteiger partial charge in [0.05, 0.1) is 5.52 Å². The van der Waals surface area contributed by atoms with E-state index in [4.69, 9.17) is 0 Å². The molecule has 0 aliphatic carbocycles. The van der Waals surface area contributed by atoms with Gasteiger partial charge in [0.25, 0.3) is 0 Å². The Bertz CT molecular complexity index is 762. The summed E-state index contributed by atoms with van der Waals surface area (Å²) < 4.78 is 0. The molecule has 2 nitrogen and oxygen atoms in total. The van der Waals surface area contributed by atoms with Gasteiger partial charge in [-0.05, 0) is 48.7 Å². The number of hydrogen-bond acceptors (Lipinski definition) is 2. The number of nitrogens with zero attached hydrogens (tertiary/aromatic N) is 1. The highest BCUT2D eigenvalue weighted by molar-refractivity contribution is 5.82. The second-order valence-electron chi connectivity index (χ2n) is 5.35. The van der Waals surface area contributed by atoms with Crippen LogP contribution < -0.4 is 5.32 Å². The van der Waals surface area contributed by atoms with Crippen LogP contribution in [-0.4, -0.2) is 4.98 Å². The smallest absolute Gasteiger partial charge is 0.0708 e. The van der Waals surface area contributed by atoms with Crippen molar-refractivity contribution in [3.63, 3.8) is 0 Å². The lowest BCUT2D eigenvalue weighted by molar-refractivity contribution is 1.11. The molecule has 0 saturated carbocycles. The average molecular weight is 276 g/mol. The van der Waals surface area contributed by atoms with Crippen LogP contribution in [0.25, 0.3) is 10.9 Å². The molecule has 1 aromatic heterocycles. The second-order valence-corrected chi connectivity index (χ2v) is 5.35. The molecule has 0 radical (unpaired) electrons. The highest BCUT2D eigenvalue weighted by Crippen LogP contribution is 2.20. The molecule has 2 heteroatoms. The summed E-state index contributed by atoms with van der Waals surface area (Å²) >= 11 is 0. The fraction of sp³-hybridized carbons (Fsp3) is 0.211. The Morgan fingerprint density at radius 1 is 1.00 bits per heavy atom. The Kier molecular flexibility index (Phi) is 3.87. The number of para-hydroxylation sites is 1. The molecule has 0 aliphatic heterocycles. The van der Waals surface area contributed by atoms with E-state index in [0.29, 0.717) is 0 Å². The molecular formula is C19H20N2. The quantitative estimate of drug-likeness (QED) is 0.746. The van der Waals surface area contributed by atoms with E-state index in [1.807, 2.05) is 13.0 Å². The van der Waals surface area contributed by atoms with Crippen LogP contribution in [0.4, 0.5) is 5.69 Å². The van der Waals surface area contributed by atoms with E-state index in [2.05, 4.69) is 65.8 Å². The standard InChI is InChI=1S/C19H20N2/c1-3-15-7-6-8-17(12-15)20-13-16-11-14(2)21-19-10-5-4-9-18(16)19/h4-12,20H,3,13H2,1-2H3. The number of aryl methyl sites for hydroxylation is 2. The highest BCUT2D eigenvalue weighted by Gasteiger charge is 2.03. The van der Waals surface area contributed by atoms with Crippen LogP contribution in [0.1, 0.15) is 23.7 Å². The van der Waals surface area contributed by atoms with Crippen molar-refractivity contribution in [1.29, 1.82) is 0 Å². The van der Waals surface area contributed by atoms with Crippen molar-refractivity contribution in [2.75, 3.05) is 5.32 Å². The van der Waals surface area contributed by atoms with Crippen LogP contribution in [-0.2, 0) is 13.0 Å². The van der Waals surface area contributed by atoms with Gasteiger partial charge in [-0.25, -0.2) is 0 Å². The Balaban J connectivity index is 1.87. The lowest BCUT2D eigenvalue weighted by atomic mass is 10.1. The third-order valence-corrected chi connectivity index (χ3v) is 3.75. The number of pyridine rings is 1. The number of anilines is 1. The summed E-state index contributed by atoms with van der Waals surface area (Å²) in [7, 11) is 0.